The van der Waals surface area contributed by atoms with E-state index >= 15 is 0 Å². The maximum atomic E-state index is 12.1. The molecule has 0 fully saturated rings. The zero-order valence-electron chi connectivity index (χ0n) is 9.84. The third-order valence-electron chi connectivity index (χ3n) is 2.21. The minimum absolute atomic E-state index is 0.0492. The smallest absolute Gasteiger partial charge is 0.266 e. The van der Waals surface area contributed by atoms with Gasteiger partial charge in [-0.3, -0.25) is 9.71 Å². The van der Waals surface area contributed by atoms with Gasteiger partial charge >= 0.3 is 0 Å². The predicted octanol–water partition coefficient (Wildman–Crippen LogP) is 1.22. The molecule has 0 saturated carbocycles. The van der Waals surface area contributed by atoms with Crippen LogP contribution in [0.3, 0.4) is 0 Å². The molecule has 2 N–H and O–H groups in total. The summed E-state index contributed by atoms with van der Waals surface area (Å²) in [6, 6.07) is 3.07. The average Bonchev–Trinajstić information content (AvgIpc) is 2.74. The fraction of sp³-hybridized carbons (Fsp3) is 0.200. The van der Waals surface area contributed by atoms with Crippen LogP contribution in [0.25, 0.3) is 0 Å². The maximum Gasteiger partial charge on any atom is 0.266 e. The zero-order valence-corrected chi connectivity index (χ0v) is 10.7. The second-order valence-corrected chi connectivity index (χ2v) is 5.20. The fourth-order valence-electron chi connectivity index (χ4n) is 1.41. The monoisotopic (exact) mass is 268 g/mol. The molecule has 0 aliphatic rings. The summed E-state index contributed by atoms with van der Waals surface area (Å²) < 4.78 is 31.3. The van der Waals surface area contributed by atoms with E-state index in [1.54, 1.807) is 20.0 Å². The van der Waals surface area contributed by atoms with E-state index in [0.29, 0.717) is 11.4 Å². The Morgan fingerprint density at radius 3 is 2.78 bits per heavy atom. The normalized spacial score (nSPS) is 11.2. The Kier molecular flexibility index (Phi) is 3.19. The van der Waals surface area contributed by atoms with Gasteiger partial charge in [0, 0.05) is 25.5 Å². The first-order valence-corrected chi connectivity index (χ1v) is 6.59. The van der Waals surface area contributed by atoms with Crippen molar-refractivity contribution in [1.82, 2.24) is 10.1 Å². The van der Waals surface area contributed by atoms with E-state index in [-0.39, 0.29) is 10.7 Å². The number of nitrogens with one attached hydrogen (secondary N) is 2. The molecule has 18 heavy (non-hydrogen) atoms. The second-order valence-electron chi connectivity index (χ2n) is 3.55. The Morgan fingerprint density at radius 1 is 1.39 bits per heavy atom. The number of aromatic nitrogens is 2. The average molecular weight is 268 g/mol. The lowest BCUT2D eigenvalue weighted by Crippen LogP contribution is -2.15. The van der Waals surface area contributed by atoms with Crippen molar-refractivity contribution < 1.29 is 12.9 Å². The fourth-order valence-corrected chi connectivity index (χ4v) is 2.55. The highest BCUT2D eigenvalue weighted by Crippen LogP contribution is 2.21. The quantitative estimate of drug-likeness (QED) is 0.865. The van der Waals surface area contributed by atoms with Crippen molar-refractivity contribution in [2.24, 2.45) is 0 Å². The van der Waals surface area contributed by atoms with Gasteiger partial charge in [0.2, 0.25) is 0 Å². The lowest BCUT2D eigenvalue weighted by Gasteiger charge is -2.09. The van der Waals surface area contributed by atoms with E-state index in [0.717, 1.165) is 0 Å². The zero-order chi connectivity index (χ0) is 13.2. The molecule has 2 aromatic rings. The van der Waals surface area contributed by atoms with E-state index in [4.69, 9.17) is 4.52 Å². The largest absolute Gasteiger partial charge is 0.387 e. The third kappa shape index (κ3) is 2.43. The summed E-state index contributed by atoms with van der Waals surface area (Å²) in [6.45, 7) is 1.67. The molecule has 0 radical (unpaired) electrons. The number of anilines is 2. The molecule has 0 spiro atoms. The van der Waals surface area contributed by atoms with Gasteiger partial charge in [-0.05, 0) is 13.0 Å². The third-order valence-corrected chi connectivity index (χ3v) is 3.59. The van der Waals surface area contributed by atoms with E-state index in [2.05, 4.69) is 20.2 Å². The van der Waals surface area contributed by atoms with Crippen LogP contribution in [-0.2, 0) is 10.0 Å². The molecule has 0 unspecified atom stereocenters. The molecule has 96 valence electrons. The van der Waals surface area contributed by atoms with Gasteiger partial charge in [-0.2, -0.15) is 0 Å². The summed E-state index contributed by atoms with van der Waals surface area (Å²) in [5.41, 5.74) is 0.456. The van der Waals surface area contributed by atoms with E-state index < -0.39 is 10.0 Å². The Morgan fingerprint density at radius 2 is 2.17 bits per heavy atom. The Hall–Kier alpha value is -2.09. The van der Waals surface area contributed by atoms with E-state index in [1.807, 2.05) is 0 Å². The number of rotatable bonds is 4. The van der Waals surface area contributed by atoms with Gasteiger partial charge in [-0.25, -0.2) is 8.42 Å². The molecule has 0 aliphatic carbocycles. The highest BCUT2D eigenvalue weighted by molar-refractivity contribution is 7.92. The van der Waals surface area contributed by atoms with Crippen LogP contribution in [0.2, 0.25) is 0 Å². The molecule has 8 heteroatoms. The van der Waals surface area contributed by atoms with Crippen LogP contribution in [0, 0.1) is 6.92 Å². The number of pyridine rings is 1. The summed E-state index contributed by atoms with van der Waals surface area (Å²) in [4.78, 5) is 3.85. The van der Waals surface area contributed by atoms with Gasteiger partial charge < -0.3 is 9.84 Å². The summed E-state index contributed by atoms with van der Waals surface area (Å²) in [7, 11) is -2.11. The Balaban J connectivity index is 2.36. The SMILES string of the molecule is CNc1ccncc1S(=O)(=O)Nc1cc(C)on1. The van der Waals surface area contributed by atoms with Crippen LogP contribution in [0.5, 0.6) is 0 Å². The van der Waals surface area contributed by atoms with Crippen molar-refractivity contribution in [2.45, 2.75) is 11.8 Å². The minimum atomic E-state index is -3.74. The summed E-state index contributed by atoms with van der Waals surface area (Å²) in [5.74, 6) is 0.658. The lowest BCUT2D eigenvalue weighted by molar-refractivity contribution is 0.400. The number of nitrogens with zero attached hydrogens (tertiary/aromatic N) is 2. The molecule has 2 heterocycles. The predicted molar refractivity (Wildman–Crippen MR) is 65.8 cm³/mol. The second kappa shape index (κ2) is 4.65. The molecule has 7 nitrogen and oxygen atoms in total. The first kappa shape index (κ1) is 12.4. The number of aryl methyl sites for hydroxylation is 1. The molecule has 2 rings (SSSR count). The highest BCUT2D eigenvalue weighted by atomic mass is 32.2. The number of hydrogen-bond donors (Lipinski definition) is 2. The summed E-state index contributed by atoms with van der Waals surface area (Å²) in [6.07, 6.45) is 2.77. The van der Waals surface area contributed by atoms with E-state index in [1.165, 1.54) is 18.5 Å². The molecule has 0 bridgehead atoms. The molecule has 0 aromatic carbocycles. The first-order chi connectivity index (χ1) is 8.53. The van der Waals surface area contributed by atoms with Gasteiger partial charge in [-0.15, -0.1) is 0 Å². The van der Waals surface area contributed by atoms with Gasteiger partial charge in [-0.1, -0.05) is 5.16 Å². The van der Waals surface area contributed by atoms with Crippen molar-refractivity contribution in [2.75, 3.05) is 17.1 Å². The highest BCUT2D eigenvalue weighted by Gasteiger charge is 2.19. The first-order valence-electron chi connectivity index (χ1n) is 5.11. The molecule has 0 atom stereocenters. The number of sulfonamides is 1. The lowest BCUT2D eigenvalue weighted by atomic mass is 10.4. The molecule has 0 aliphatic heterocycles. The van der Waals surface area contributed by atoms with Gasteiger partial charge in [0.05, 0.1) is 5.69 Å². The Bertz CT molecular complexity index is 651. The van der Waals surface area contributed by atoms with Crippen LogP contribution >= 0.6 is 0 Å². The van der Waals surface area contributed by atoms with Gasteiger partial charge in [0.25, 0.3) is 10.0 Å². The maximum absolute atomic E-state index is 12.1. The standard InChI is InChI=1S/C10H12N4O3S/c1-7-5-10(13-17-7)14-18(15,16)9-6-12-4-3-8(9)11-2/h3-6H,1-2H3,(H,11,12)(H,13,14). The van der Waals surface area contributed by atoms with Crippen LogP contribution in [-0.4, -0.2) is 25.6 Å². The molecule has 2 aromatic heterocycles. The van der Waals surface area contributed by atoms with Crippen molar-refractivity contribution in [3.05, 3.63) is 30.3 Å². The van der Waals surface area contributed by atoms with Crippen molar-refractivity contribution >= 4 is 21.5 Å². The molecule has 0 amide bonds. The number of hydrogen-bond acceptors (Lipinski definition) is 6. The summed E-state index contributed by atoms with van der Waals surface area (Å²) in [5, 5.41) is 6.37. The summed E-state index contributed by atoms with van der Waals surface area (Å²) >= 11 is 0. The molecular formula is C10H12N4O3S. The molecule has 0 saturated heterocycles. The Labute approximate surface area is 104 Å². The van der Waals surface area contributed by atoms with Crippen LogP contribution in [0.15, 0.2) is 33.9 Å². The minimum Gasteiger partial charge on any atom is -0.387 e. The van der Waals surface area contributed by atoms with Gasteiger partial charge in [0.15, 0.2) is 5.82 Å². The molecular weight excluding hydrogens is 256 g/mol. The van der Waals surface area contributed by atoms with Crippen molar-refractivity contribution in [1.29, 1.82) is 0 Å². The van der Waals surface area contributed by atoms with Crippen LogP contribution < -0.4 is 10.0 Å². The van der Waals surface area contributed by atoms with Crippen molar-refractivity contribution in [3.8, 4) is 0 Å². The van der Waals surface area contributed by atoms with Crippen LogP contribution in [0.4, 0.5) is 11.5 Å². The topological polar surface area (TPSA) is 97.1 Å². The van der Waals surface area contributed by atoms with E-state index in [9.17, 15) is 8.42 Å². The van der Waals surface area contributed by atoms with Crippen molar-refractivity contribution in [3.63, 3.8) is 0 Å². The van der Waals surface area contributed by atoms with Crippen LogP contribution in [0.1, 0.15) is 5.76 Å². The van der Waals surface area contributed by atoms with Gasteiger partial charge in [0.1, 0.15) is 10.7 Å².